The minimum atomic E-state index is -0.648. The van der Waals surface area contributed by atoms with Gasteiger partial charge in [-0.25, -0.2) is 0 Å². The van der Waals surface area contributed by atoms with Gasteiger partial charge in [0.05, 0.1) is 17.7 Å². The molecule has 0 aliphatic rings. The number of aliphatic hydroxyl groups is 1. The summed E-state index contributed by atoms with van der Waals surface area (Å²) in [5.41, 5.74) is 12.8. The van der Waals surface area contributed by atoms with Gasteiger partial charge in [-0.15, -0.1) is 0 Å². The van der Waals surface area contributed by atoms with Gasteiger partial charge in [0.15, 0.2) is 0 Å². The topological polar surface area (TPSA) is 96.1 Å². The van der Waals surface area contributed by atoms with Crippen molar-refractivity contribution in [1.82, 2.24) is 0 Å². The van der Waals surface area contributed by atoms with Gasteiger partial charge in [0.2, 0.25) is 0 Å². The standard InChI is InChI=1S/C10H13N3O/c1-6(14)10(13)7-2-3-9(12)8(4-7)5-11/h2-4,6,10,14H,12-13H2,1H3/t6?,10-/m1/s1. The fraction of sp³-hybridized carbons (Fsp3) is 0.300. The Kier molecular flexibility index (Phi) is 3.07. The summed E-state index contributed by atoms with van der Waals surface area (Å²) in [6.07, 6.45) is -0.648. The van der Waals surface area contributed by atoms with Gasteiger partial charge < -0.3 is 16.6 Å². The zero-order valence-corrected chi connectivity index (χ0v) is 7.94. The summed E-state index contributed by atoms with van der Waals surface area (Å²) in [7, 11) is 0. The number of hydrogen-bond acceptors (Lipinski definition) is 4. The molecule has 0 aliphatic heterocycles. The van der Waals surface area contributed by atoms with Crippen molar-refractivity contribution in [2.75, 3.05) is 5.73 Å². The van der Waals surface area contributed by atoms with Crippen molar-refractivity contribution in [3.63, 3.8) is 0 Å². The minimum Gasteiger partial charge on any atom is -0.398 e. The summed E-state index contributed by atoms with van der Waals surface area (Å²) in [4.78, 5) is 0. The first-order valence-electron chi connectivity index (χ1n) is 4.29. The molecular formula is C10H13N3O. The molecule has 0 radical (unpaired) electrons. The predicted octanol–water partition coefficient (Wildman–Crippen LogP) is 0.521. The van der Waals surface area contributed by atoms with E-state index >= 15 is 0 Å². The van der Waals surface area contributed by atoms with Gasteiger partial charge >= 0.3 is 0 Å². The van der Waals surface area contributed by atoms with Crippen LogP contribution in [0.3, 0.4) is 0 Å². The molecule has 2 atom stereocenters. The number of nitriles is 1. The predicted molar refractivity (Wildman–Crippen MR) is 54.2 cm³/mol. The van der Waals surface area contributed by atoms with Crippen molar-refractivity contribution in [2.45, 2.75) is 19.1 Å². The average molecular weight is 191 g/mol. The summed E-state index contributed by atoms with van der Waals surface area (Å²) in [5, 5.41) is 18.0. The van der Waals surface area contributed by atoms with Gasteiger partial charge in [0.25, 0.3) is 0 Å². The van der Waals surface area contributed by atoms with Gasteiger partial charge in [-0.05, 0) is 24.6 Å². The van der Waals surface area contributed by atoms with Gasteiger partial charge in [0, 0.05) is 5.69 Å². The fourth-order valence-electron chi connectivity index (χ4n) is 1.16. The molecule has 74 valence electrons. The molecule has 0 amide bonds. The molecule has 0 fully saturated rings. The largest absolute Gasteiger partial charge is 0.398 e. The molecule has 4 heteroatoms. The van der Waals surface area contributed by atoms with Crippen LogP contribution in [0.2, 0.25) is 0 Å². The van der Waals surface area contributed by atoms with Crippen LogP contribution in [0.5, 0.6) is 0 Å². The molecule has 0 aromatic heterocycles. The van der Waals surface area contributed by atoms with E-state index in [1.54, 1.807) is 25.1 Å². The van der Waals surface area contributed by atoms with Crippen LogP contribution in [0.15, 0.2) is 18.2 Å². The highest BCUT2D eigenvalue weighted by molar-refractivity contribution is 5.55. The zero-order chi connectivity index (χ0) is 10.7. The summed E-state index contributed by atoms with van der Waals surface area (Å²) in [6.45, 7) is 1.60. The fourth-order valence-corrected chi connectivity index (χ4v) is 1.16. The van der Waals surface area contributed by atoms with Gasteiger partial charge in [0.1, 0.15) is 6.07 Å². The quantitative estimate of drug-likeness (QED) is 0.594. The second kappa shape index (κ2) is 4.09. The highest BCUT2D eigenvalue weighted by atomic mass is 16.3. The van der Waals surface area contributed by atoms with E-state index in [1.807, 2.05) is 6.07 Å². The molecule has 1 rings (SSSR count). The van der Waals surface area contributed by atoms with Crippen LogP contribution >= 0.6 is 0 Å². The smallest absolute Gasteiger partial charge is 0.101 e. The second-order valence-electron chi connectivity index (χ2n) is 3.22. The maximum atomic E-state index is 9.27. The summed E-state index contributed by atoms with van der Waals surface area (Å²) in [6, 6.07) is 6.42. The molecule has 0 saturated carbocycles. The molecule has 0 heterocycles. The number of anilines is 1. The summed E-state index contributed by atoms with van der Waals surface area (Å²) in [5.74, 6) is 0. The number of nitrogens with two attached hydrogens (primary N) is 2. The van der Waals surface area contributed by atoms with E-state index < -0.39 is 12.1 Å². The van der Waals surface area contributed by atoms with E-state index in [1.165, 1.54) is 0 Å². The number of aliphatic hydroxyl groups excluding tert-OH is 1. The molecule has 1 aromatic carbocycles. The van der Waals surface area contributed by atoms with Crippen molar-refractivity contribution in [2.24, 2.45) is 5.73 Å². The van der Waals surface area contributed by atoms with Crippen LogP contribution in [0, 0.1) is 11.3 Å². The van der Waals surface area contributed by atoms with Crippen LogP contribution in [0.25, 0.3) is 0 Å². The third-order valence-electron chi connectivity index (χ3n) is 2.10. The van der Waals surface area contributed by atoms with Crippen molar-refractivity contribution < 1.29 is 5.11 Å². The highest BCUT2D eigenvalue weighted by Gasteiger charge is 2.12. The van der Waals surface area contributed by atoms with Crippen LogP contribution in [0.4, 0.5) is 5.69 Å². The average Bonchev–Trinajstić information content (AvgIpc) is 2.17. The van der Waals surface area contributed by atoms with Crippen LogP contribution in [0.1, 0.15) is 24.1 Å². The lowest BCUT2D eigenvalue weighted by Gasteiger charge is -2.15. The lowest BCUT2D eigenvalue weighted by Crippen LogP contribution is -2.23. The van der Waals surface area contributed by atoms with E-state index in [0.717, 1.165) is 0 Å². The Balaban J connectivity index is 3.08. The number of nitrogens with zero attached hydrogens (tertiary/aromatic N) is 1. The third-order valence-corrected chi connectivity index (χ3v) is 2.10. The molecule has 1 unspecified atom stereocenters. The number of nitrogen functional groups attached to an aromatic ring is 1. The van der Waals surface area contributed by atoms with Gasteiger partial charge in [-0.1, -0.05) is 6.07 Å². The SMILES string of the molecule is CC(O)[C@@H](N)c1ccc(N)c(C#N)c1. The van der Waals surface area contributed by atoms with E-state index in [-0.39, 0.29) is 0 Å². The first-order chi connectivity index (χ1) is 6.56. The highest BCUT2D eigenvalue weighted by Crippen LogP contribution is 2.19. The summed E-state index contributed by atoms with van der Waals surface area (Å²) < 4.78 is 0. The number of benzene rings is 1. The van der Waals surface area contributed by atoms with Crippen LogP contribution in [-0.2, 0) is 0 Å². The molecule has 14 heavy (non-hydrogen) atoms. The Morgan fingerprint density at radius 3 is 2.64 bits per heavy atom. The lowest BCUT2D eigenvalue weighted by atomic mass is 10.0. The van der Waals surface area contributed by atoms with Gasteiger partial charge in [-0.2, -0.15) is 5.26 Å². The minimum absolute atomic E-state index is 0.388. The van der Waals surface area contributed by atoms with E-state index in [9.17, 15) is 5.11 Å². The normalized spacial score (nSPS) is 14.4. The first-order valence-corrected chi connectivity index (χ1v) is 4.29. The maximum Gasteiger partial charge on any atom is 0.101 e. The Hall–Kier alpha value is -1.57. The molecule has 5 N–H and O–H groups in total. The Labute approximate surface area is 82.8 Å². The Morgan fingerprint density at radius 2 is 2.14 bits per heavy atom. The number of rotatable bonds is 2. The van der Waals surface area contributed by atoms with Crippen molar-refractivity contribution >= 4 is 5.69 Å². The van der Waals surface area contributed by atoms with Gasteiger partial charge in [-0.3, -0.25) is 0 Å². The van der Waals surface area contributed by atoms with Crippen molar-refractivity contribution in [3.05, 3.63) is 29.3 Å². The number of hydrogen-bond donors (Lipinski definition) is 3. The zero-order valence-electron chi connectivity index (χ0n) is 7.94. The molecule has 0 spiro atoms. The van der Waals surface area contributed by atoms with E-state index in [2.05, 4.69) is 0 Å². The molecular weight excluding hydrogens is 178 g/mol. The van der Waals surface area contributed by atoms with Crippen LogP contribution in [-0.4, -0.2) is 11.2 Å². The maximum absolute atomic E-state index is 9.27. The van der Waals surface area contributed by atoms with Crippen molar-refractivity contribution in [1.29, 1.82) is 5.26 Å². The molecule has 0 aliphatic carbocycles. The van der Waals surface area contributed by atoms with E-state index in [4.69, 9.17) is 16.7 Å². The van der Waals surface area contributed by atoms with E-state index in [0.29, 0.717) is 16.8 Å². The second-order valence-corrected chi connectivity index (χ2v) is 3.22. The molecule has 4 nitrogen and oxygen atoms in total. The third kappa shape index (κ3) is 2.02. The monoisotopic (exact) mass is 191 g/mol. The molecule has 0 saturated heterocycles. The first kappa shape index (κ1) is 10.5. The van der Waals surface area contributed by atoms with Crippen LogP contribution < -0.4 is 11.5 Å². The Bertz CT molecular complexity index is 368. The lowest BCUT2D eigenvalue weighted by molar-refractivity contribution is 0.164. The summed E-state index contributed by atoms with van der Waals surface area (Å²) >= 11 is 0. The Morgan fingerprint density at radius 1 is 1.50 bits per heavy atom. The molecule has 0 bridgehead atoms. The van der Waals surface area contributed by atoms with Crippen molar-refractivity contribution in [3.8, 4) is 6.07 Å². The molecule has 1 aromatic rings.